The van der Waals surface area contributed by atoms with Gasteiger partial charge in [0.2, 0.25) is 0 Å². The van der Waals surface area contributed by atoms with Crippen molar-refractivity contribution in [3.8, 4) is 5.69 Å². The first kappa shape index (κ1) is 19.7. The quantitative estimate of drug-likeness (QED) is 0.628. The number of aromatic nitrogens is 3. The van der Waals surface area contributed by atoms with Gasteiger partial charge in [-0.05, 0) is 42.7 Å². The van der Waals surface area contributed by atoms with Crippen LogP contribution in [-0.4, -0.2) is 34.8 Å². The van der Waals surface area contributed by atoms with Gasteiger partial charge < -0.3 is 10.2 Å². The molecule has 8 heteroatoms. The molecule has 1 aromatic carbocycles. The number of benzene rings is 1. The summed E-state index contributed by atoms with van der Waals surface area (Å²) in [6, 6.07) is 9.16. The fourth-order valence-corrected chi connectivity index (χ4v) is 3.68. The summed E-state index contributed by atoms with van der Waals surface area (Å²) >= 11 is 12.4. The Morgan fingerprint density at radius 1 is 1.21 bits per heavy atom. The highest BCUT2D eigenvalue weighted by Crippen LogP contribution is 2.43. The summed E-state index contributed by atoms with van der Waals surface area (Å²) in [6.07, 6.45) is 5.45. The molecule has 1 aliphatic rings. The first-order valence-electron chi connectivity index (χ1n) is 9.38. The smallest absolute Gasteiger partial charge is 0.255 e. The van der Waals surface area contributed by atoms with E-state index in [1.54, 1.807) is 29.2 Å². The van der Waals surface area contributed by atoms with E-state index in [1.807, 2.05) is 37.2 Å². The van der Waals surface area contributed by atoms with Crippen LogP contribution in [0.2, 0.25) is 10.0 Å². The van der Waals surface area contributed by atoms with Crippen molar-refractivity contribution in [2.24, 2.45) is 0 Å². The summed E-state index contributed by atoms with van der Waals surface area (Å²) in [4.78, 5) is 19.2. The van der Waals surface area contributed by atoms with Gasteiger partial charge in [0.1, 0.15) is 5.82 Å². The Morgan fingerprint density at radius 2 is 2.00 bits per heavy atom. The van der Waals surface area contributed by atoms with Crippen LogP contribution in [0.3, 0.4) is 0 Å². The number of nitrogens with one attached hydrogen (secondary N) is 1. The molecule has 1 aliphatic carbocycles. The molecule has 1 N–H and O–H groups in total. The maximum atomic E-state index is 12.9. The molecule has 2 heterocycles. The highest BCUT2D eigenvalue weighted by Gasteiger charge is 2.33. The maximum absolute atomic E-state index is 12.9. The first-order chi connectivity index (χ1) is 13.9. The average Bonchev–Trinajstić information content (AvgIpc) is 3.45. The summed E-state index contributed by atoms with van der Waals surface area (Å²) in [7, 11) is 3.88. The Hall–Kier alpha value is -2.57. The lowest BCUT2D eigenvalue weighted by molar-refractivity contribution is 0.0950. The molecule has 29 heavy (non-hydrogen) atoms. The predicted octanol–water partition coefficient (Wildman–Crippen LogP) is 4.45. The van der Waals surface area contributed by atoms with E-state index >= 15 is 0 Å². The highest BCUT2D eigenvalue weighted by molar-refractivity contribution is 6.35. The molecule has 1 fully saturated rings. The van der Waals surface area contributed by atoms with E-state index in [4.69, 9.17) is 23.2 Å². The molecule has 0 saturated heterocycles. The standard InChI is InChI=1S/C21H21Cl2N5O/c1-27(2)19-8-3-13(10-24-19)11-25-21(29)16-12-26-28(20(16)14-4-5-14)18-7-6-15(22)9-17(18)23/h3,6-10,12,14H,4-5,11H2,1-2H3,(H,25,29). The molecule has 0 unspecified atom stereocenters. The zero-order valence-electron chi connectivity index (χ0n) is 16.2. The molecule has 3 aromatic rings. The van der Waals surface area contributed by atoms with Crippen molar-refractivity contribution in [2.75, 3.05) is 19.0 Å². The van der Waals surface area contributed by atoms with E-state index < -0.39 is 0 Å². The number of hydrogen-bond acceptors (Lipinski definition) is 4. The van der Waals surface area contributed by atoms with Crippen molar-refractivity contribution >= 4 is 34.9 Å². The third-order valence-electron chi connectivity index (χ3n) is 4.87. The minimum atomic E-state index is -0.153. The van der Waals surface area contributed by atoms with Crippen LogP contribution in [0.4, 0.5) is 5.82 Å². The van der Waals surface area contributed by atoms with Crippen molar-refractivity contribution < 1.29 is 4.79 Å². The van der Waals surface area contributed by atoms with Crippen molar-refractivity contribution in [1.29, 1.82) is 0 Å². The second-order valence-electron chi connectivity index (χ2n) is 7.33. The molecule has 0 atom stereocenters. The van der Waals surface area contributed by atoms with Gasteiger partial charge in [0, 0.05) is 37.8 Å². The maximum Gasteiger partial charge on any atom is 0.255 e. The molecule has 150 valence electrons. The number of carbonyl (C=O) groups is 1. The molecule has 0 aliphatic heterocycles. The Morgan fingerprint density at radius 3 is 2.62 bits per heavy atom. The Labute approximate surface area is 179 Å². The average molecular weight is 430 g/mol. The molecule has 0 radical (unpaired) electrons. The normalized spacial score (nSPS) is 13.4. The topological polar surface area (TPSA) is 63.1 Å². The van der Waals surface area contributed by atoms with Crippen LogP contribution in [0, 0.1) is 0 Å². The van der Waals surface area contributed by atoms with E-state index in [-0.39, 0.29) is 5.91 Å². The van der Waals surface area contributed by atoms with Crippen LogP contribution in [0.5, 0.6) is 0 Å². The van der Waals surface area contributed by atoms with Gasteiger partial charge in [0.15, 0.2) is 0 Å². The summed E-state index contributed by atoms with van der Waals surface area (Å²) in [6.45, 7) is 0.399. The van der Waals surface area contributed by atoms with Gasteiger partial charge in [-0.15, -0.1) is 0 Å². The number of hydrogen-bond donors (Lipinski definition) is 1. The lowest BCUT2D eigenvalue weighted by atomic mass is 10.1. The van der Waals surface area contributed by atoms with Gasteiger partial charge >= 0.3 is 0 Å². The van der Waals surface area contributed by atoms with E-state index in [0.717, 1.165) is 35.6 Å². The molecule has 4 rings (SSSR count). The number of anilines is 1. The van der Waals surface area contributed by atoms with E-state index in [9.17, 15) is 4.79 Å². The minimum Gasteiger partial charge on any atom is -0.363 e. The zero-order chi connectivity index (χ0) is 20.5. The van der Waals surface area contributed by atoms with Gasteiger partial charge in [0.25, 0.3) is 5.91 Å². The third kappa shape index (κ3) is 4.23. The molecule has 0 spiro atoms. The van der Waals surface area contributed by atoms with Gasteiger partial charge in [-0.25, -0.2) is 9.67 Å². The summed E-state index contributed by atoms with van der Waals surface area (Å²) < 4.78 is 1.76. The largest absolute Gasteiger partial charge is 0.363 e. The number of halogens is 2. The van der Waals surface area contributed by atoms with Gasteiger partial charge in [0.05, 0.1) is 28.2 Å². The van der Waals surface area contributed by atoms with Crippen molar-refractivity contribution in [3.05, 3.63) is 69.6 Å². The fourth-order valence-electron chi connectivity index (χ4n) is 3.19. The summed E-state index contributed by atoms with van der Waals surface area (Å²) in [5.74, 6) is 1.03. The molecule has 6 nitrogen and oxygen atoms in total. The molecule has 1 amide bonds. The SMILES string of the molecule is CN(C)c1ccc(CNC(=O)c2cnn(-c3ccc(Cl)cc3Cl)c2C2CC2)cn1. The Bertz CT molecular complexity index is 1040. The van der Waals surface area contributed by atoms with E-state index in [2.05, 4.69) is 15.4 Å². The molecule has 2 aromatic heterocycles. The van der Waals surface area contributed by atoms with Gasteiger partial charge in [-0.1, -0.05) is 29.3 Å². The number of nitrogens with zero attached hydrogens (tertiary/aromatic N) is 4. The molecular formula is C21H21Cl2N5O. The zero-order valence-corrected chi connectivity index (χ0v) is 17.7. The molecule has 1 saturated carbocycles. The van der Waals surface area contributed by atoms with Crippen molar-refractivity contribution in [1.82, 2.24) is 20.1 Å². The lowest BCUT2D eigenvalue weighted by Gasteiger charge is -2.12. The fraction of sp³-hybridized carbons (Fsp3) is 0.286. The lowest BCUT2D eigenvalue weighted by Crippen LogP contribution is -2.24. The highest BCUT2D eigenvalue weighted by atomic mass is 35.5. The number of amides is 1. The van der Waals surface area contributed by atoms with Crippen LogP contribution in [0.1, 0.15) is 40.4 Å². The van der Waals surface area contributed by atoms with Crippen LogP contribution in [0.15, 0.2) is 42.7 Å². The van der Waals surface area contributed by atoms with E-state index in [0.29, 0.717) is 28.1 Å². The number of carbonyl (C=O) groups excluding carboxylic acids is 1. The number of pyridine rings is 1. The summed E-state index contributed by atoms with van der Waals surface area (Å²) in [5, 5.41) is 8.49. The Kier molecular flexibility index (Phi) is 5.48. The van der Waals surface area contributed by atoms with Crippen LogP contribution >= 0.6 is 23.2 Å². The monoisotopic (exact) mass is 429 g/mol. The Balaban J connectivity index is 1.55. The third-order valence-corrected chi connectivity index (χ3v) is 5.41. The molecular weight excluding hydrogens is 409 g/mol. The second-order valence-corrected chi connectivity index (χ2v) is 8.17. The van der Waals surface area contributed by atoms with Crippen LogP contribution < -0.4 is 10.2 Å². The predicted molar refractivity (Wildman–Crippen MR) is 115 cm³/mol. The van der Waals surface area contributed by atoms with Crippen LogP contribution in [-0.2, 0) is 6.54 Å². The number of rotatable bonds is 6. The minimum absolute atomic E-state index is 0.153. The van der Waals surface area contributed by atoms with Crippen molar-refractivity contribution in [2.45, 2.75) is 25.3 Å². The van der Waals surface area contributed by atoms with Crippen LogP contribution in [0.25, 0.3) is 5.69 Å². The first-order valence-corrected chi connectivity index (χ1v) is 10.1. The second kappa shape index (κ2) is 8.05. The van der Waals surface area contributed by atoms with Gasteiger partial charge in [-0.3, -0.25) is 4.79 Å². The molecule has 0 bridgehead atoms. The van der Waals surface area contributed by atoms with Gasteiger partial charge in [-0.2, -0.15) is 5.10 Å². The van der Waals surface area contributed by atoms with Crippen molar-refractivity contribution in [3.63, 3.8) is 0 Å². The summed E-state index contributed by atoms with van der Waals surface area (Å²) in [5.41, 5.74) is 3.13. The van der Waals surface area contributed by atoms with E-state index in [1.165, 1.54) is 0 Å².